The van der Waals surface area contributed by atoms with Gasteiger partial charge in [-0.15, -0.1) is 0 Å². The highest BCUT2D eigenvalue weighted by Crippen LogP contribution is 2.30. The third-order valence-corrected chi connectivity index (χ3v) is 5.74. The molecule has 0 fully saturated rings. The van der Waals surface area contributed by atoms with Crippen LogP contribution in [0.3, 0.4) is 0 Å². The summed E-state index contributed by atoms with van der Waals surface area (Å²) in [6.07, 6.45) is 5.60. The van der Waals surface area contributed by atoms with E-state index in [1.54, 1.807) is 25.4 Å². The second-order valence-corrected chi connectivity index (χ2v) is 8.31. The normalized spacial score (nSPS) is 11.7. The van der Waals surface area contributed by atoms with E-state index in [-0.39, 0.29) is 33.2 Å². The summed E-state index contributed by atoms with van der Waals surface area (Å²) in [5.41, 5.74) is -0.207. The van der Waals surface area contributed by atoms with Crippen LogP contribution in [0.15, 0.2) is 46.5 Å². The molecule has 3 rings (SSSR count). The Morgan fingerprint density at radius 2 is 2.04 bits per heavy atom. The van der Waals surface area contributed by atoms with E-state index < -0.39 is 21.2 Å². The topological polar surface area (TPSA) is 107 Å². The molecule has 10 heteroatoms. The summed E-state index contributed by atoms with van der Waals surface area (Å²) in [5, 5.41) is 6.76. The number of aryl methyl sites for hydroxylation is 1. The predicted molar refractivity (Wildman–Crippen MR) is 100 cm³/mol. The Morgan fingerprint density at radius 3 is 2.59 bits per heavy atom. The zero-order chi connectivity index (χ0) is 19.8. The van der Waals surface area contributed by atoms with Crippen LogP contribution < -0.4 is 5.56 Å². The Bertz CT molecular complexity index is 1160. The molecule has 0 aliphatic carbocycles. The monoisotopic (exact) mass is 408 g/mol. The first-order valence-electron chi connectivity index (χ1n) is 8.05. The molecule has 2 heterocycles. The summed E-state index contributed by atoms with van der Waals surface area (Å²) >= 11 is 6.43. The zero-order valence-electron chi connectivity index (χ0n) is 14.6. The van der Waals surface area contributed by atoms with E-state index in [4.69, 9.17) is 11.6 Å². The quantitative estimate of drug-likeness (QED) is 0.625. The van der Waals surface area contributed by atoms with Crippen molar-refractivity contribution in [3.05, 3.63) is 68.9 Å². The molecule has 1 N–H and O–H groups in total. The molecular weight excluding hydrogens is 392 g/mol. The highest BCUT2D eigenvalue weighted by atomic mass is 35.5. The van der Waals surface area contributed by atoms with Gasteiger partial charge in [-0.1, -0.05) is 11.6 Å². The van der Waals surface area contributed by atoms with Gasteiger partial charge in [0, 0.05) is 42.5 Å². The van der Waals surface area contributed by atoms with E-state index in [9.17, 15) is 18.0 Å². The fourth-order valence-corrected chi connectivity index (χ4v) is 4.08. The lowest BCUT2D eigenvalue weighted by molar-refractivity contribution is 0.103. The average molecular weight is 409 g/mol. The number of sulfone groups is 1. The maximum absolute atomic E-state index is 12.8. The van der Waals surface area contributed by atoms with Crippen molar-refractivity contribution in [2.45, 2.75) is 24.9 Å². The second-order valence-electron chi connectivity index (χ2n) is 5.95. The SMILES string of the molecule is CCn1[nH]cc(C(=O)c2ccc(S(C)(=O)=O)c(Cn3cccn3)c2Cl)c1=O. The molecule has 0 aliphatic rings. The standard InChI is InChI=1S/C17H17ClN4O4S/c1-3-22-17(24)12(9-20-22)16(23)11-5-6-14(27(2,25)26)13(15(11)18)10-21-8-4-7-19-21/h4-9,20H,3,10H2,1-2H3. The number of nitrogens with zero attached hydrogens (tertiary/aromatic N) is 3. The van der Waals surface area contributed by atoms with Gasteiger partial charge < -0.3 is 5.10 Å². The number of nitrogens with one attached hydrogen (secondary N) is 1. The van der Waals surface area contributed by atoms with Crippen LogP contribution in [0.25, 0.3) is 0 Å². The molecule has 0 aliphatic heterocycles. The fraction of sp³-hybridized carbons (Fsp3) is 0.235. The van der Waals surface area contributed by atoms with Crippen LogP contribution >= 0.6 is 11.6 Å². The maximum atomic E-state index is 12.8. The Morgan fingerprint density at radius 1 is 1.30 bits per heavy atom. The van der Waals surface area contributed by atoms with E-state index in [1.807, 2.05) is 0 Å². The van der Waals surface area contributed by atoms with E-state index in [2.05, 4.69) is 10.2 Å². The summed E-state index contributed by atoms with van der Waals surface area (Å²) in [4.78, 5) is 25.1. The number of halogens is 1. The first-order chi connectivity index (χ1) is 12.7. The molecule has 142 valence electrons. The van der Waals surface area contributed by atoms with E-state index in [0.29, 0.717) is 6.54 Å². The molecule has 2 aromatic heterocycles. The van der Waals surface area contributed by atoms with Crippen molar-refractivity contribution in [2.24, 2.45) is 0 Å². The van der Waals surface area contributed by atoms with E-state index in [1.165, 1.54) is 27.7 Å². The molecule has 8 nitrogen and oxygen atoms in total. The molecular formula is C17H17ClN4O4S. The molecule has 1 aromatic carbocycles. The summed E-state index contributed by atoms with van der Waals surface area (Å²) in [5.74, 6) is -0.574. The summed E-state index contributed by atoms with van der Waals surface area (Å²) < 4.78 is 27.1. The number of ketones is 1. The fourth-order valence-electron chi connectivity index (χ4n) is 2.78. The molecule has 0 atom stereocenters. The van der Waals surface area contributed by atoms with Crippen LogP contribution in [0.5, 0.6) is 0 Å². The van der Waals surface area contributed by atoms with Crippen molar-refractivity contribution in [3.8, 4) is 0 Å². The average Bonchev–Trinajstić information content (AvgIpc) is 3.24. The van der Waals surface area contributed by atoms with Gasteiger partial charge in [-0.3, -0.25) is 19.0 Å². The van der Waals surface area contributed by atoms with Crippen molar-refractivity contribution in [3.63, 3.8) is 0 Å². The van der Waals surface area contributed by atoms with Gasteiger partial charge >= 0.3 is 0 Å². The minimum absolute atomic E-state index is 0.0120. The van der Waals surface area contributed by atoms with E-state index in [0.717, 1.165) is 6.26 Å². The minimum atomic E-state index is -3.58. The molecule has 3 aromatic rings. The van der Waals surface area contributed by atoms with Crippen LogP contribution in [0.2, 0.25) is 5.02 Å². The number of aromatic amines is 1. The van der Waals surface area contributed by atoms with Crippen molar-refractivity contribution in [2.75, 3.05) is 6.26 Å². The smallest absolute Gasteiger partial charge is 0.277 e. The van der Waals surface area contributed by atoms with Gasteiger partial charge in [0.25, 0.3) is 5.56 Å². The molecule has 0 spiro atoms. The number of benzene rings is 1. The van der Waals surface area contributed by atoms with Crippen LogP contribution in [-0.2, 0) is 22.9 Å². The molecule has 0 bridgehead atoms. The van der Waals surface area contributed by atoms with Gasteiger partial charge in [-0.2, -0.15) is 5.10 Å². The van der Waals surface area contributed by atoms with Gasteiger partial charge in [0.1, 0.15) is 5.56 Å². The van der Waals surface area contributed by atoms with Gasteiger partial charge in [-0.05, 0) is 25.1 Å². The van der Waals surface area contributed by atoms with Gasteiger partial charge in [0.05, 0.1) is 16.5 Å². The van der Waals surface area contributed by atoms with Crippen molar-refractivity contribution >= 4 is 27.2 Å². The third kappa shape index (κ3) is 3.60. The molecule has 0 amide bonds. The molecule has 0 saturated carbocycles. The number of carbonyl (C=O) groups excluding carboxylic acids is 1. The summed E-state index contributed by atoms with van der Waals surface area (Å²) in [6.45, 7) is 2.22. The first kappa shape index (κ1) is 19.1. The molecule has 0 saturated heterocycles. The highest BCUT2D eigenvalue weighted by Gasteiger charge is 2.24. The van der Waals surface area contributed by atoms with E-state index >= 15 is 0 Å². The molecule has 0 unspecified atom stereocenters. The number of hydrogen-bond donors (Lipinski definition) is 1. The predicted octanol–water partition coefficient (Wildman–Crippen LogP) is 1.73. The van der Waals surface area contributed by atoms with Crippen molar-refractivity contribution < 1.29 is 13.2 Å². The van der Waals surface area contributed by atoms with Crippen molar-refractivity contribution in [1.82, 2.24) is 19.6 Å². The van der Waals surface area contributed by atoms with Crippen LogP contribution in [0.1, 0.15) is 28.4 Å². The number of H-pyrrole nitrogens is 1. The Balaban J connectivity index is 2.16. The summed E-state index contributed by atoms with van der Waals surface area (Å²) in [7, 11) is -3.58. The number of rotatable bonds is 6. The number of hydrogen-bond acceptors (Lipinski definition) is 5. The molecule has 0 radical (unpaired) electrons. The first-order valence-corrected chi connectivity index (χ1v) is 10.3. The summed E-state index contributed by atoms with van der Waals surface area (Å²) in [6, 6.07) is 4.35. The lowest BCUT2D eigenvalue weighted by Crippen LogP contribution is -2.21. The highest BCUT2D eigenvalue weighted by molar-refractivity contribution is 7.90. The van der Waals surface area contributed by atoms with Gasteiger partial charge in [0.15, 0.2) is 9.84 Å². The molecule has 27 heavy (non-hydrogen) atoms. The lowest BCUT2D eigenvalue weighted by atomic mass is 10.0. The van der Waals surface area contributed by atoms with Crippen LogP contribution in [0.4, 0.5) is 0 Å². The largest absolute Gasteiger partial charge is 0.302 e. The number of carbonyl (C=O) groups is 1. The second kappa shape index (κ2) is 7.16. The number of aromatic nitrogens is 4. The Hall–Kier alpha value is -2.65. The minimum Gasteiger partial charge on any atom is -0.302 e. The van der Waals surface area contributed by atoms with Gasteiger partial charge in [-0.25, -0.2) is 8.42 Å². The Kier molecular flexibility index (Phi) is 5.07. The zero-order valence-corrected chi connectivity index (χ0v) is 16.2. The van der Waals surface area contributed by atoms with Crippen LogP contribution in [0, 0.1) is 0 Å². The van der Waals surface area contributed by atoms with Gasteiger partial charge in [0.2, 0.25) is 5.78 Å². The third-order valence-electron chi connectivity index (χ3n) is 4.12. The van der Waals surface area contributed by atoms with Crippen LogP contribution in [-0.4, -0.2) is 40.0 Å². The van der Waals surface area contributed by atoms with Crippen molar-refractivity contribution in [1.29, 1.82) is 0 Å². The maximum Gasteiger partial charge on any atom is 0.277 e. The Labute approximate surface area is 160 Å². The lowest BCUT2D eigenvalue weighted by Gasteiger charge is -2.13.